The number of nitrogens with one attached hydrogen (secondary N) is 2. The molecule has 2 heterocycles. The molecule has 1 aromatic rings. The predicted molar refractivity (Wildman–Crippen MR) is 79.9 cm³/mol. The van der Waals surface area contributed by atoms with Gasteiger partial charge in [0.05, 0.1) is 0 Å². The Morgan fingerprint density at radius 2 is 2.37 bits per heavy atom. The van der Waals surface area contributed by atoms with E-state index in [9.17, 15) is 4.79 Å². The molecule has 1 aliphatic heterocycles. The molecule has 19 heavy (non-hydrogen) atoms. The molecule has 2 N–H and O–H groups in total. The molecule has 5 nitrogen and oxygen atoms in total. The maximum atomic E-state index is 11.9. The number of hydrogen-bond acceptors (Lipinski definition) is 5. The van der Waals surface area contributed by atoms with Gasteiger partial charge in [-0.25, -0.2) is 0 Å². The molecule has 1 amide bonds. The van der Waals surface area contributed by atoms with Crippen LogP contribution in [0, 0.1) is 18.8 Å². The maximum Gasteiger partial charge on any atom is 0.226 e. The summed E-state index contributed by atoms with van der Waals surface area (Å²) in [7, 11) is 0. The molecule has 0 spiro atoms. The number of amides is 1. The second-order valence-electron chi connectivity index (χ2n) is 4.96. The van der Waals surface area contributed by atoms with Crippen molar-refractivity contribution < 1.29 is 4.79 Å². The third-order valence-electron chi connectivity index (χ3n) is 3.42. The summed E-state index contributed by atoms with van der Waals surface area (Å²) < 4.78 is 0. The fraction of sp³-hybridized carbons (Fsp3) is 0.750. The highest BCUT2D eigenvalue weighted by Gasteiger charge is 2.22. The Hall–Kier alpha value is -0.720. The zero-order chi connectivity index (χ0) is 13.0. The molecule has 1 fully saturated rings. The van der Waals surface area contributed by atoms with Crippen molar-refractivity contribution in [2.24, 2.45) is 11.8 Å². The maximum absolute atomic E-state index is 11.9. The molecule has 1 saturated heterocycles. The summed E-state index contributed by atoms with van der Waals surface area (Å²) in [5, 5.41) is 15.5. The zero-order valence-electron chi connectivity index (χ0n) is 11.3. The smallest absolute Gasteiger partial charge is 0.226 e. The number of piperidine rings is 1. The van der Waals surface area contributed by atoms with E-state index in [0.29, 0.717) is 23.4 Å². The van der Waals surface area contributed by atoms with Gasteiger partial charge in [0.15, 0.2) is 0 Å². The van der Waals surface area contributed by atoms with Crippen molar-refractivity contribution in [1.29, 1.82) is 0 Å². The number of anilines is 1. The van der Waals surface area contributed by atoms with Gasteiger partial charge in [-0.3, -0.25) is 4.79 Å². The van der Waals surface area contributed by atoms with Gasteiger partial charge in [-0.1, -0.05) is 18.3 Å². The van der Waals surface area contributed by atoms with E-state index in [1.165, 1.54) is 24.2 Å². The Morgan fingerprint density at radius 3 is 2.95 bits per heavy atom. The zero-order valence-corrected chi connectivity index (χ0v) is 12.9. The number of aryl methyl sites for hydroxylation is 1. The summed E-state index contributed by atoms with van der Waals surface area (Å²) in [4.78, 5) is 11.9. The fourth-order valence-electron chi connectivity index (χ4n) is 2.34. The molecule has 1 aromatic heterocycles. The summed E-state index contributed by atoms with van der Waals surface area (Å²) in [6, 6.07) is 0. The van der Waals surface area contributed by atoms with E-state index in [1.807, 2.05) is 6.92 Å². The average molecular weight is 305 g/mol. The van der Waals surface area contributed by atoms with Gasteiger partial charge in [-0.15, -0.1) is 22.6 Å². The second-order valence-corrected chi connectivity index (χ2v) is 6.14. The van der Waals surface area contributed by atoms with Gasteiger partial charge >= 0.3 is 0 Å². The SMILES string of the molecule is Cc1nnc(NC(=O)CC(C)C2CCCNC2)s1.Cl. The van der Waals surface area contributed by atoms with E-state index < -0.39 is 0 Å². The number of carbonyl (C=O) groups is 1. The van der Waals surface area contributed by atoms with Crippen molar-refractivity contribution in [1.82, 2.24) is 15.5 Å². The van der Waals surface area contributed by atoms with Crippen LogP contribution in [0.2, 0.25) is 0 Å². The van der Waals surface area contributed by atoms with Gasteiger partial charge in [0.1, 0.15) is 5.01 Å². The van der Waals surface area contributed by atoms with Crippen LogP contribution in [0.3, 0.4) is 0 Å². The van der Waals surface area contributed by atoms with Crippen LogP contribution in [-0.2, 0) is 4.79 Å². The van der Waals surface area contributed by atoms with E-state index in [-0.39, 0.29) is 18.3 Å². The first-order valence-electron chi connectivity index (χ1n) is 6.46. The quantitative estimate of drug-likeness (QED) is 0.895. The number of hydrogen-bond donors (Lipinski definition) is 2. The van der Waals surface area contributed by atoms with Crippen molar-refractivity contribution in [2.45, 2.75) is 33.1 Å². The standard InChI is InChI=1S/C12H20N4OS.ClH/c1-8(10-4-3-5-13-7-10)6-11(17)14-12-16-15-9(2)18-12;/h8,10,13H,3-7H2,1-2H3,(H,14,16,17);1H. The Kier molecular flexibility index (Phi) is 6.68. The largest absolute Gasteiger partial charge is 0.316 e. The van der Waals surface area contributed by atoms with E-state index in [0.717, 1.165) is 18.1 Å². The Labute approximate surface area is 124 Å². The molecular formula is C12H21ClN4OS. The molecule has 2 unspecified atom stereocenters. The first kappa shape index (κ1) is 16.3. The van der Waals surface area contributed by atoms with Crippen LogP contribution in [0.1, 0.15) is 31.2 Å². The lowest BCUT2D eigenvalue weighted by Crippen LogP contribution is -2.34. The van der Waals surface area contributed by atoms with Crippen molar-refractivity contribution in [3.05, 3.63) is 5.01 Å². The van der Waals surface area contributed by atoms with Crippen molar-refractivity contribution >= 4 is 34.8 Å². The Morgan fingerprint density at radius 1 is 1.58 bits per heavy atom. The highest BCUT2D eigenvalue weighted by Crippen LogP contribution is 2.23. The van der Waals surface area contributed by atoms with Crippen molar-refractivity contribution in [3.63, 3.8) is 0 Å². The highest BCUT2D eigenvalue weighted by molar-refractivity contribution is 7.15. The highest BCUT2D eigenvalue weighted by atomic mass is 35.5. The molecule has 2 rings (SSSR count). The molecule has 7 heteroatoms. The second kappa shape index (κ2) is 7.77. The first-order valence-corrected chi connectivity index (χ1v) is 7.27. The van der Waals surface area contributed by atoms with Gasteiger partial charge in [-0.05, 0) is 44.7 Å². The van der Waals surface area contributed by atoms with E-state index >= 15 is 0 Å². The Balaban J connectivity index is 0.00000180. The molecule has 0 bridgehead atoms. The lowest BCUT2D eigenvalue weighted by Gasteiger charge is -2.27. The lowest BCUT2D eigenvalue weighted by atomic mass is 9.85. The molecular weight excluding hydrogens is 284 g/mol. The average Bonchev–Trinajstić information content (AvgIpc) is 2.75. The predicted octanol–water partition coefficient (Wildman–Crippen LogP) is 2.23. The Bertz CT molecular complexity index is 406. The normalized spacial score (nSPS) is 20.4. The lowest BCUT2D eigenvalue weighted by molar-refractivity contribution is -0.117. The third-order valence-corrected chi connectivity index (χ3v) is 4.17. The summed E-state index contributed by atoms with van der Waals surface area (Å²) in [6.45, 7) is 6.18. The van der Waals surface area contributed by atoms with Crippen LogP contribution in [0.4, 0.5) is 5.13 Å². The van der Waals surface area contributed by atoms with Gasteiger partial charge in [-0.2, -0.15) is 0 Å². The number of aromatic nitrogens is 2. The van der Waals surface area contributed by atoms with E-state index in [2.05, 4.69) is 27.8 Å². The van der Waals surface area contributed by atoms with Gasteiger partial charge in [0.25, 0.3) is 0 Å². The number of halogens is 1. The van der Waals surface area contributed by atoms with Gasteiger partial charge in [0.2, 0.25) is 11.0 Å². The number of rotatable bonds is 4. The van der Waals surface area contributed by atoms with Crippen LogP contribution < -0.4 is 10.6 Å². The molecule has 108 valence electrons. The first-order chi connectivity index (χ1) is 8.65. The van der Waals surface area contributed by atoms with Crippen molar-refractivity contribution in [2.75, 3.05) is 18.4 Å². The van der Waals surface area contributed by atoms with Crippen LogP contribution in [0.5, 0.6) is 0 Å². The molecule has 0 aliphatic carbocycles. The molecule has 0 radical (unpaired) electrons. The fourth-order valence-corrected chi connectivity index (χ4v) is 2.95. The molecule has 0 aromatic carbocycles. The minimum absolute atomic E-state index is 0. The number of nitrogens with zero attached hydrogens (tertiary/aromatic N) is 2. The van der Waals surface area contributed by atoms with Gasteiger partial charge < -0.3 is 10.6 Å². The minimum atomic E-state index is 0. The molecule has 0 saturated carbocycles. The number of carbonyl (C=O) groups excluding carboxylic acids is 1. The van der Waals surface area contributed by atoms with Crippen molar-refractivity contribution in [3.8, 4) is 0 Å². The van der Waals surface area contributed by atoms with Crippen LogP contribution in [0.15, 0.2) is 0 Å². The van der Waals surface area contributed by atoms with Crippen LogP contribution >= 0.6 is 23.7 Å². The van der Waals surface area contributed by atoms with Gasteiger partial charge in [0, 0.05) is 6.42 Å². The molecule has 2 atom stereocenters. The van der Waals surface area contributed by atoms with Crippen LogP contribution in [-0.4, -0.2) is 29.2 Å². The summed E-state index contributed by atoms with van der Waals surface area (Å²) >= 11 is 1.41. The van der Waals surface area contributed by atoms with E-state index in [1.54, 1.807) is 0 Å². The molecule has 1 aliphatic rings. The van der Waals surface area contributed by atoms with Crippen LogP contribution in [0.25, 0.3) is 0 Å². The minimum Gasteiger partial charge on any atom is -0.316 e. The monoisotopic (exact) mass is 304 g/mol. The summed E-state index contributed by atoms with van der Waals surface area (Å²) in [6.07, 6.45) is 3.00. The third kappa shape index (κ3) is 5.04. The summed E-state index contributed by atoms with van der Waals surface area (Å²) in [5.41, 5.74) is 0. The van der Waals surface area contributed by atoms with E-state index in [4.69, 9.17) is 0 Å². The summed E-state index contributed by atoms with van der Waals surface area (Å²) in [5.74, 6) is 1.07. The topological polar surface area (TPSA) is 66.9 Å².